The third-order valence-corrected chi connectivity index (χ3v) is 5.76. The topological polar surface area (TPSA) is 148 Å². The van der Waals surface area contributed by atoms with E-state index in [2.05, 4.69) is 30.2 Å². The van der Waals surface area contributed by atoms with Crippen molar-refractivity contribution in [3.63, 3.8) is 0 Å². The molecule has 1 aromatic carbocycles. The summed E-state index contributed by atoms with van der Waals surface area (Å²) in [5, 5.41) is 14.8. The summed E-state index contributed by atoms with van der Waals surface area (Å²) in [5.74, 6) is 1.05. The monoisotopic (exact) mass is 433 g/mol. The molecule has 3 aromatic heterocycles. The highest BCUT2D eigenvalue weighted by Gasteiger charge is 2.36. The van der Waals surface area contributed by atoms with Crippen molar-refractivity contribution < 1.29 is 9.90 Å². The molecule has 0 radical (unpaired) electrons. The van der Waals surface area contributed by atoms with Crippen molar-refractivity contribution in [2.24, 2.45) is 0 Å². The van der Waals surface area contributed by atoms with Crippen LogP contribution >= 0.6 is 0 Å². The van der Waals surface area contributed by atoms with Crippen LogP contribution in [0.15, 0.2) is 43.2 Å². The molecule has 4 heterocycles. The van der Waals surface area contributed by atoms with Gasteiger partial charge in [-0.05, 0) is 18.6 Å². The largest absolute Gasteiger partial charge is 0.389 e. The van der Waals surface area contributed by atoms with Gasteiger partial charge in [0, 0.05) is 31.4 Å². The molecule has 11 heteroatoms. The van der Waals surface area contributed by atoms with Crippen LogP contribution in [0.4, 0.5) is 11.6 Å². The van der Waals surface area contributed by atoms with E-state index in [1.807, 2.05) is 24.3 Å². The van der Waals surface area contributed by atoms with Gasteiger partial charge in [0.25, 0.3) is 0 Å². The van der Waals surface area contributed by atoms with E-state index in [-0.39, 0.29) is 24.3 Å². The van der Waals surface area contributed by atoms with Crippen molar-refractivity contribution >= 4 is 39.6 Å². The smallest absolute Gasteiger partial charge is 0.222 e. The van der Waals surface area contributed by atoms with Gasteiger partial charge in [-0.3, -0.25) is 4.79 Å². The molecular weight excluding hydrogens is 410 g/mol. The molecule has 0 aliphatic carbocycles. The maximum Gasteiger partial charge on any atom is 0.222 e. The number of hydrogen-bond donors (Lipinski definition) is 3. The van der Waals surface area contributed by atoms with Crippen molar-refractivity contribution in [3.8, 4) is 0 Å². The molecule has 1 amide bonds. The number of aliphatic hydroxyl groups is 1. The van der Waals surface area contributed by atoms with Gasteiger partial charge in [-0.1, -0.05) is 12.1 Å². The van der Waals surface area contributed by atoms with E-state index < -0.39 is 6.10 Å². The van der Waals surface area contributed by atoms with Crippen LogP contribution in [-0.2, 0) is 4.79 Å². The Bertz CT molecular complexity index is 1270. The van der Waals surface area contributed by atoms with Crippen LogP contribution in [-0.4, -0.2) is 71.1 Å². The minimum absolute atomic E-state index is 0.000504. The Kier molecular flexibility index (Phi) is 5.23. The predicted octanol–water partition coefficient (Wildman–Crippen LogP) is 0.988. The summed E-state index contributed by atoms with van der Waals surface area (Å²) in [7, 11) is 0. The molecule has 11 nitrogen and oxygen atoms in total. The molecule has 1 aliphatic rings. The number of fused-ring (bicyclic) bond motifs is 2. The SMILES string of the molecule is Nc1ncnc2c1ncn2[C@@H]1CN(C(=O)CCCNc2ncnc3ccccc23)C[C@H]1O. The molecule has 0 unspecified atom stereocenters. The Hall–Kier alpha value is -3.86. The Balaban J connectivity index is 1.18. The van der Waals surface area contributed by atoms with Gasteiger partial charge >= 0.3 is 0 Å². The molecule has 1 fully saturated rings. The average Bonchev–Trinajstić information content (AvgIpc) is 3.41. The molecule has 32 heavy (non-hydrogen) atoms. The Morgan fingerprint density at radius 2 is 1.97 bits per heavy atom. The minimum atomic E-state index is -0.710. The summed E-state index contributed by atoms with van der Waals surface area (Å²) in [4.78, 5) is 35.4. The molecule has 0 spiro atoms. The zero-order chi connectivity index (χ0) is 22.1. The van der Waals surface area contributed by atoms with Crippen LogP contribution in [0.1, 0.15) is 18.9 Å². The number of nitrogen functional groups attached to an aromatic ring is 1. The first kappa shape index (κ1) is 20.1. The molecule has 1 aliphatic heterocycles. The third-order valence-electron chi connectivity index (χ3n) is 5.76. The van der Waals surface area contributed by atoms with Gasteiger partial charge in [-0.15, -0.1) is 0 Å². The number of imidazole rings is 1. The van der Waals surface area contributed by atoms with Gasteiger partial charge in [0.1, 0.15) is 24.0 Å². The highest BCUT2D eigenvalue weighted by atomic mass is 16.3. The number of rotatable bonds is 6. The summed E-state index contributed by atoms with van der Waals surface area (Å²) in [5.41, 5.74) is 7.77. The number of hydrogen-bond acceptors (Lipinski definition) is 9. The number of nitrogens with one attached hydrogen (secondary N) is 1. The number of nitrogens with zero attached hydrogens (tertiary/aromatic N) is 7. The lowest BCUT2D eigenvalue weighted by Crippen LogP contribution is -2.29. The fourth-order valence-corrected chi connectivity index (χ4v) is 4.11. The number of amides is 1. The lowest BCUT2D eigenvalue weighted by atomic mass is 10.2. The number of anilines is 2. The van der Waals surface area contributed by atoms with Crippen molar-refractivity contribution in [1.82, 2.24) is 34.4 Å². The van der Waals surface area contributed by atoms with E-state index in [1.54, 1.807) is 15.8 Å². The van der Waals surface area contributed by atoms with Crippen LogP contribution in [0, 0.1) is 0 Å². The van der Waals surface area contributed by atoms with Crippen molar-refractivity contribution in [3.05, 3.63) is 43.2 Å². The summed E-state index contributed by atoms with van der Waals surface area (Å²) < 4.78 is 1.77. The molecule has 0 saturated carbocycles. The second-order valence-corrected chi connectivity index (χ2v) is 7.79. The zero-order valence-electron chi connectivity index (χ0n) is 17.3. The standard InChI is InChI=1S/C21H23N9O2/c22-19-18-21(27-11-25-19)30(12-28-18)15-8-29(9-16(15)31)17(32)6-3-7-23-20-13-4-1-2-5-14(13)24-10-26-20/h1-2,4-5,10-12,15-16,31H,3,6-9H2,(H2,22,25,27)(H,23,24,26)/t15-,16-/m1/s1. The van der Waals surface area contributed by atoms with Gasteiger partial charge < -0.3 is 25.6 Å². The highest BCUT2D eigenvalue weighted by molar-refractivity contribution is 5.88. The normalized spacial score (nSPS) is 18.5. The number of carbonyl (C=O) groups is 1. The van der Waals surface area contributed by atoms with Crippen molar-refractivity contribution in [1.29, 1.82) is 0 Å². The molecule has 2 atom stereocenters. The number of nitrogens with two attached hydrogens (primary N) is 1. The van der Waals surface area contributed by atoms with Gasteiger partial charge in [0.2, 0.25) is 5.91 Å². The second kappa shape index (κ2) is 8.35. The number of para-hydroxylation sites is 1. The molecular formula is C21H23N9O2. The minimum Gasteiger partial charge on any atom is -0.389 e. The molecule has 4 aromatic rings. The first-order chi connectivity index (χ1) is 15.6. The predicted molar refractivity (Wildman–Crippen MR) is 119 cm³/mol. The van der Waals surface area contributed by atoms with E-state index in [0.717, 1.165) is 16.7 Å². The Morgan fingerprint density at radius 3 is 2.88 bits per heavy atom. The first-order valence-corrected chi connectivity index (χ1v) is 10.4. The van der Waals surface area contributed by atoms with Crippen LogP contribution in [0.3, 0.4) is 0 Å². The lowest BCUT2D eigenvalue weighted by Gasteiger charge is -2.17. The van der Waals surface area contributed by atoms with Gasteiger partial charge in [0.15, 0.2) is 11.5 Å². The highest BCUT2D eigenvalue weighted by Crippen LogP contribution is 2.27. The van der Waals surface area contributed by atoms with Gasteiger partial charge in [0.05, 0.1) is 24.0 Å². The van der Waals surface area contributed by atoms with E-state index in [4.69, 9.17) is 5.73 Å². The molecule has 5 rings (SSSR count). The zero-order valence-corrected chi connectivity index (χ0v) is 17.3. The maximum atomic E-state index is 12.7. The summed E-state index contributed by atoms with van der Waals surface area (Å²) in [6.45, 7) is 1.27. The summed E-state index contributed by atoms with van der Waals surface area (Å²) in [6, 6.07) is 7.45. The van der Waals surface area contributed by atoms with Crippen LogP contribution < -0.4 is 11.1 Å². The lowest BCUT2D eigenvalue weighted by molar-refractivity contribution is -0.130. The number of β-amino-alcohol motifs (C(OH)–C–C–N with tert-alkyl or cyclic N) is 1. The Morgan fingerprint density at radius 1 is 1.12 bits per heavy atom. The third kappa shape index (κ3) is 3.66. The van der Waals surface area contributed by atoms with Crippen molar-refractivity contribution in [2.45, 2.75) is 25.0 Å². The van der Waals surface area contributed by atoms with Crippen LogP contribution in [0.2, 0.25) is 0 Å². The van der Waals surface area contributed by atoms with Crippen LogP contribution in [0.5, 0.6) is 0 Å². The molecule has 164 valence electrons. The number of likely N-dealkylation sites (tertiary alicyclic amines) is 1. The van der Waals surface area contributed by atoms with Gasteiger partial charge in [-0.25, -0.2) is 24.9 Å². The average molecular weight is 433 g/mol. The summed E-state index contributed by atoms with van der Waals surface area (Å²) in [6.07, 6.45) is 4.79. The number of aliphatic hydroxyl groups excluding tert-OH is 1. The van der Waals surface area contributed by atoms with E-state index >= 15 is 0 Å². The number of benzene rings is 1. The molecule has 1 saturated heterocycles. The summed E-state index contributed by atoms with van der Waals surface area (Å²) >= 11 is 0. The maximum absolute atomic E-state index is 12.7. The number of aromatic nitrogens is 6. The van der Waals surface area contributed by atoms with Crippen LogP contribution in [0.25, 0.3) is 22.1 Å². The quantitative estimate of drug-likeness (QED) is 0.378. The second-order valence-electron chi connectivity index (χ2n) is 7.79. The fourth-order valence-electron chi connectivity index (χ4n) is 4.11. The fraction of sp³-hybridized carbons (Fsp3) is 0.333. The van der Waals surface area contributed by atoms with E-state index in [0.29, 0.717) is 37.1 Å². The first-order valence-electron chi connectivity index (χ1n) is 10.4. The van der Waals surface area contributed by atoms with Crippen molar-refractivity contribution in [2.75, 3.05) is 30.7 Å². The van der Waals surface area contributed by atoms with E-state index in [9.17, 15) is 9.90 Å². The molecule has 4 N–H and O–H groups in total. The molecule has 0 bridgehead atoms. The van der Waals surface area contributed by atoms with E-state index in [1.165, 1.54) is 12.7 Å². The Labute approximate surface area is 183 Å². The van der Waals surface area contributed by atoms with Gasteiger partial charge in [-0.2, -0.15) is 0 Å². The number of carbonyl (C=O) groups excluding carboxylic acids is 1.